The molecule has 1 aliphatic rings. The summed E-state index contributed by atoms with van der Waals surface area (Å²) in [5.41, 5.74) is 0.346. The maximum atomic E-state index is 11.9. The van der Waals surface area contributed by atoms with Gasteiger partial charge in [-0.1, -0.05) is 30.9 Å². The standard InChI is InChI=1S/C14H17ClN2O3/c15-12-9-11(17(19)20)6-7-13(12)16-14(18)8-10-4-2-1-3-5-10/h6-7,9-10H,1-5,8H2,(H,16,18). The molecular weight excluding hydrogens is 280 g/mol. The van der Waals surface area contributed by atoms with Gasteiger partial charge in [-0.25, -0.2) is 0 Å². The number of nitrogens with one attached hydrogen (secondary N) is 1. The third kappa shape index (κ3) is 3.93. The third-order valence-electron chi connectivity index (χ3n) is 3.64. The van der Waals surface area contributed by atoms with Gasteiger partial charge >= 0.3 is 0 Å². The number of nitro groups is 1. The molecule has 0 atom stereocenters. The molecule has 2 rings (SSSR count). The molecule has 0 heterocycles. The second kappa shape index (κ2) is 6.70. The number of nitro benzene ring substituents is 1. The van der Waals surface area contributed by atoms with Gasteiger partial charge in [0.2, 0.25) is 5.91 Å². The molecule has 1 fully saturated rings. The Morgan fingerprint density at radius 3 is 2.65 bits per heavy atom. The lowest BCUT2D eigenvalue weighted by Gasteiger charge is -2.20. The van der Waals surface area contributed by atoms with Gasteiger partial charge in [0.25, 0.3) is 5.69 Å². The van der Waals surface area contributed by atoms with Gasteiger partial charge in [0.05, 0.1) is 15.6 Å². The number of non-ortho nitro benzene ring substituents is 1. The van der Waals surface area contributed by atoms with Crippen LogP contribution in [0.2, 0.25) is 5.02 Å². The van der Waals surface area contributed by atoms with Crippen molar-refractivity contribution < 1.29 is 9.72 Å². The summed E-state index contributed by atoms with van der Waals surface area (Å²) in [7, 11) is 0. The van der Waals surface area contributed by atoms with Crippen LogP contribution >= 0.6 is 11.6 Å². The van der Waals surface area contributed by atoms with Crippen molar-refractivity contribution in [2.24, 2.45) is 5.92 Å². The molecular formula is C14H17ClN2O3. The highest BCUT2D eigenvalue weighted by atomic mass is 35.5. The zero-order valence-corrected chi connectivity index (χ0v) is 11.9. The van der Waals surface area contributed by atoms with Gasteiger partial charge in [0, 0.05) is 18.6 Å². The summed E-state index contributed by atoms with van der Waals surface area (Å²) in [4.78, 5) is 22.0. The first kappa shape index (κ1) is 14.8. The average Bonchev–Trinajstić information content (AvgIpc) is 2.42. The maximum Gasteiger partial charge on any atom is 0.271 e. The number of hydrogen-bond donors (Lipinski definition) is 1. The van der Waals surface area contributed by atoms with Crippen LogP contribution in [0.5, 0.6) is 0 Å². The van der Waals surface area contributed by atoms with E-state index in [2.05, 4.69) is 5.32 Å². The van der Waals surface area contributed by atoms with Crippen molar-refractivity contribution in [3.63, 3.8) is 0 Å². The molecule has 5 nitrogen and oxygen atoms in total. The quantitative estimate of drug-likeness (QED) is 0.670. The minimum absolute atomic E-state index is 0.0762. The molecule has 0 bridgehead atoms. The van der Waals surface area contributed by atoms with Crippen molar-refractivity contribution >= 4 is 28.9 Å². The minimum Gasteiger partial charge on any atom is -0.325 e. The normalized spacial score (nSPS) is 15.8. The van der Waals surface area contributed by atoms with Gasteiger partial charge in [-0.15, -0.1) is 0 Å². The SMILES string of the molecule is O=C(CC1CCCCC1)Nc1ccc([N+](=O)[O-])cc1Cl. The maximum absolute atomic E-state index is 11.9. The second-order valence-electron chi connectivity index (χ2n) is 5.18. The van der Waals surface area contributed by atoms with Crippen LogP contribution in [-0.2, 0) is 4.79 Å². The summed E-state index contributed by atoms with van der Waals surface area (Å²) in [6, 6.07) is 4.05. The molecule has 1 N–H and O–H groups in total. The zero-order valence-electron chi connectivity index (χ0n) is 11.1. The van der Waals surface area contributed by atoms with E-state index in [1.54, 1.807) is 0 Å². The van der Waals surface area contributed by atoms with Crippen molar-refractivity contribution in [2.75, 3.05) is 5.32 Å². The van der Waals surface area contributed by atoms with E-state index in [0.29, 0.717) is 18.0 Å². The Morgan fingerprint density at radius 2 is 2.05 bits per heavy atom. The fraction of sp³-hybridized carbons (Fsp3) is 0.500. The molecule has 0 aromatic heterocycles. The monoisotopic (exact) mass is 296 g/mol. The number of nitrogens with zero attached hydrogens (tertiary/aromatic N) is 1. The van der Waals surface area contributed by atoms with Crippen LogP contribution in [0.15, 0.2) is 18.2 Å². The molecule has 0 aliphatic heterocycles. The van der Waals surface area contributed by atoms with Gasteiger partial charge in [0.1, 0.15) is 0 Å². The van der Waals surface area contributed by atoms with Crippen LogP contribution in [0.3, 0.4) is 0 Å². The fourth-order valence-electron chi connectivity index (χ4n) is 2.57. The summed E-state index contributed by atoms with van der Waals surface area (Å²) in [5.74, 6) is 0.369. The first-order valence-corrected chi connectivity index (χ1v) is 7.18. The van der Waals surface area contributed by atoms with Crippen LogP contribution in [0, 0.1) is 16.0 Å². The molecule has 1 aromatic rings. The van der Waals surface area contributed by atoms with Crippen LogP contribution in [0.1, 0.15) is 38.5 Å². The largest absolute Gasteiger partial charge is 0.325 e. The highest BCUT2D eigenvalue weighted by Gasteiger charge is 2.18. The van der Waals surface area contributed by atoms with E-state index >= 15 is 0 Å². The molecule has 108 valence electrons. The lowest BCUT2D eigenvalue weighted by Crippen LogP contribution is -2.18. The predicted molar refractivity (Wildman–Crippen MR) is 77.9 cm³/mol. The Hall–Kier alpha value is -1.62. The molecule has 1 aliphatic carbocycles. The number of benzene rings is 1. The van der Waals surface area contributed by atoms with Gasteiger partial charge in [-0.3, -0.25) is 14.9 Å². The Morgan fingerprint density at radius 1 is 1.35 bits per heavy atom. The molecule has 20 heavy (non-hydrogen) atoms. The van der Waals surface area contributed by atoms with Crippen molar-refractivity contribution in [3.05, 3.63) is 33.3 Å². The van der Waals surface area contributed by atoms with Crippen molar-refractivity contribution in [1.29, 1.82) is 0 Å². The highest BCUT2D eigenvalue weighted by molar-refractivity contribution is 6.33. The van der Waals surface area contributed by atoms with Crippen LogP contribution in [-0.4, -0.2) is 10.8 Å². The van der Waals surface area contributed by atoms with E-state index in [1.165, 1.54) is 37.5 Å². The van der Waals surface area contributed by atoms with E-state index in [-0.39, 0.29) is 16.6 Å². The number of halogens is 1. The van der Waals surface area contributed by atoms with E-state index in [1.807, 2.05) is 0 Å². The highest BCUT2D eigenvalue weighted by Crippen LogP contribution is 2.29. The molecule has 0 radical (unpaired) electrons. The first-order chi connectivity index (χ1) is 9.56. The number of amides is 1. The Kier molecular flexibility index (Phi) is 4.95. The van der Waals surface area contributed by atoms with Gasteiger partial charge in [-0.05, 0) is 24.8 Å². The Balaban J connectivity index is 1.95. The molecule has 1 aromatic carbocycles. The number of carbonyl (C=O) groups is 1. The van der Waals surface area contributed by atoms with Crippen molar-refractivity contribution in [1.82, 2.24) is 0 Å². The lowest BCUT2D eigenvalue weighted by molar-refractivity contribution is -0.384. The molecule has 0 unspecified atom stereocenters. The van der Waals surface area contributed by atoms with Gasteiger partial charge in [0.15, 0.2) is 0 Å². The first-order valence-electron chi connectivity index (χ1n) is 6.80. The summed E-state index contributed by atoms with van der Waals surface area (Å²) in [5, 5.41) is 13.5. The molecule has 0 saturated heterocycles. The Bertz CT molecular complexity index is 513. The van der Waals surface area contributed by atoms with Crippen molar-refractivity contribution in [2.45, 2.75) is 38.5 Å². The molecule has 6 heteroatoms. The third-order valence-corrected chi connectivity index (χ3v) is 3.95. The summed E-state index contributed by atoms with van der Waals surface area (Å²) in [6.07, 6.45) is 6.33. The minimum atomic E-state index is -0.514. The molecule has 1 saturated carbocycles. The Labute approximate surface area is 122 Å². The second-order valence-corrected chi connectivity index (χ2v) is 5.58. The topological polar surface area (TPSA) is 72.2 Å². The number of carbonyl (C=O) groups excluding carboxylic acids is 1. The van der Waals surface area contributed by atoms with E-state index < -0.39 is 4.92 Å². The van der Waals surface area contributed by atoms with Crippen LogP contribution in [0.25, 0.3) is 0 Å². The number of rotatable bonds is 4. The lowest BCUT2D eigenvalue weighted by atomic mass is 9.87. The van der Waals surface area contributed by atoms with E-state index in [9.17, 15) is 14.9 Å². The van der Waals surface area contributed by atoms with Gasteiger partial charge in [-0.2, -0.15) is 0 Å². The van der Waals surface area contributed by atoms with E-state index in [0.717, 1.165) is 12.8 Å². The average molecular weight is 297 g/mol. The molecule has 0 spiro atoms. The predicted octanol–water partition coefficient (Wildman–Crippen LogP) is 4.16. The van der Waals surface area contributed by atoms with Crippen molar-refractivity contribution in [3.8, 4) is 0 Å². The summed E-state index contributed by atoms with van der Waals surface area (Å²) >= 11 is 5.94. The van der Waals surface area contributed by atoms with Gasteiger partial charge < -0.3 is 5.32 Å². The number of anilines is 1. The summed E-state index contributed by atoms with van der Waals surface area (Å²) < 4.78 is 0. The zero-order chi connectivity index (χ0) is 14.5. The molecule has 1 amide bonds. The van der Waals surface area contributed by atoms with Crippen LogP contribution in [0.4, 0.5) is 11.4 Å². The smallest absolute Gasteiger partial charge is 0.271 e. The van der Waals surface area contributed by atoms with E-state index in [4.69, 9.17) is 11.6 Å². The fourth-order valence-corrected chi connectivity index (χ4v) is 2.80. The number of hydrogen-bond acceptors (Lipinski definition) is 3. The van der Waals surface area contributed by atoms with Crippen LogP contribution < -0.4 is 5.32 Å². The summed E-state index contributed by atoms with van der Waals surface area (Å²) in [6.45, 7) is 0.